The third kappa shape index (κ3) is 3.49. The van der Waals surface area contributed by atoms with Crippen molar-refractivity contribution in [3.05, 3.63) is 73.5 Å². The van der Waals surface area contributed by atoms with Gasteiger partial charge in [0.25, 0.3) is 0 Å². The third-order valence-corrected chi connectivity index (χ3v) is 7.69. The average molecular weight is 444 g/mol. The predicted molar refractivity (Wildman–Crippen MR) is 101 cm³/mol. The Balaban J connectivity index is 1.92. The summed E-state index contributed by atoms with van der Waals surface area (Å²) in [6, 6.07) is 12.0. The molecule has 0 spiro atoms. The number of sulfonamides is 1. The zero-order valence-electron chi connectivity index (χ0n) is 12.3. The molecule has 2 N–H and O–H groups in total. The third-order valence-electron chi connectivity index (χ3n) is 3.57. The monoisotopic (exact) mass is 443 g/mol. The zero-order valence-corrected chi connectivity index (χ0v) is 16.4. The number of aliphatic hydroxyl groups is 1. The van der Waals surface area contributed by atoms with Crippen molar-refractivity contribution in [1.29, 1.82) is 0 Å². The van der Waals surface area contributed by atoms with Crippen LogP contribution in [0.5, 0.6) is 0 Å². The van der Waals surface area contributed by atoms with Crippen molar-refractivity contribution in [2.45, 2.75) is 10.5 Å². The molecule has 1 aromatic carbocycles. The smallest absolute Gasteiger partial charge is 0.241 e. The zero-order chi connectivity index (χ0) is 17.2. The number of nitrogens with one attached hydrogen (secondary N) is 1. The van der Waals surface area contributed by atoms with Crippen molar-refractivity contribution in [2.24, 2.45) is 0 Å². The Morgan fingerprint density at radius 3 is 2.54 bits per heavy atom. The molecule has 8 heteroatoms. The van der Waals surface area contributed by atoms with E-state index in [0.717, 1.165) is 0 Å². The maximum Gasteiger partial charge on any atom is 0.241 e. The maximum atomic E-state index is 12.6. The first kappa shape index (κ1) is 17.8. The van der Waals surface area contributed by atoms with Gasteiger partial charge < -0.3 is 5.11 Å². The van der Waals surface area contributed by atoms with Gasteiger partial charge in [0.05, 0.1) is 4.90 Å². The summed E-state index contributed by atoms with van der Waals surface area (Å²) in [5.41, 5.74) is -0.729. The van der Waals surface area contributed by atoms with E-state index >= 15 is 0 Å². The van der Waals surface area contributed by atoms with E-state index in [1.54, 1.807) is 30.3 Å². The Morgan fingerprint density at radius 2 is 1.92 bits per heavy atom. The van der Waals surface area contributed by atoms with Crippen LogP contribution < -0.4 is 4.72 Å². The highest BCUT2D eigenvalue weighted by Crippen LogP contribution is 2.34. The highest BCUT2D eigenvalue weighted by atomic mass is 79.9. The van der Waals surface area contributed by atoms with Crippen molar-refractivity contribution >= 4 is 48.6 Å². The molecule has 4 nitrogen and oxygen atoms in total. The lowest BCUT2D eigenvalue weighted by molar-refractivity contribution is 0.0903. The molecule has 24 heavy (non-hydrogen) atoms. The van der Waals surface area contributed by atoms with Crippen LogP contribution in [0.4, 0.5) is 0 Å². The summed E-state index contributed by atoms with van der Waals surface area (Å²) in [4.78, 5) is 0.833. The number of hydrogen-bond donors (Lipinski definition) is 2. The molecule has 0 radical (unpaired) electrons. The summed E-state index contributed by atoms with van der Waals surface area (Å²) in [6.45, 7) is -0.145. The van der Waals surface area contributed by atoms with Gasteiger partial charge in [0, 0.05) is 21.5 Å². The molecule has 3 rings (SSSR count). The van der Waals surface area contributed by atoms with Crippen molar-refractivity contribution in [2.75, 3.05) is 6.54 Å². The molecule has 126 valence electrons. The quantitative estimate of drug-likeness (QED) is 0.608. The summed E-state index contributed by atoms with van der Waals surface area (Å²) in [5, 5.41) is 16.7. The Kier molecular flexibility index (Phi) is 5.24. The maximum absolute atomic E-state index is 12.6. The summed E-state index contributed by atoms with van der Waals surface area (Å²) < 4.78 is 28.2. The van der Waals surface area contributed by atoms with Crippen LogP contribution in [-0.2, 0) is 15.6 Å². The minimum Gasteiger partial charge on any atom is -0.378 e. The van der Waals surface area contributed by atoms with Crippen molar-refractivity contribution < 1.29 is 13.5 Å². The summed E-state index contributed by atoms with van der Waals surface area (Å²) >= 11 is 6.10. The second kappa shape index (κ2) is 7.07. The van der Waals surface area contributed by atoms with Gasteiger partial charge in [0.1, 0.15) is 5.60 Å². The topological polar surface area (TPSA) is 66.4 Å². The molecule has 0 bridgehead atoms. The van der Waals surface area contributed by atoms with E-state index in [-0.39, 0.29) is 11.4 Å². The van der Waals surface area contributed by atoms with Crippen molar-refractivity contribution in [3.8, 4) is 0 Å². The molecule has 0 aliphatic carbocycles. The van der Waals surface area contributed by atoms with E-state index in [1.807, 2.05) is 22.2 Å². The van der Waals surface area contributed by atoms with Gasteiger partial charge in [-0.15, -0.1) is 11.3 Å². The lowest BCUT2D eigenvalue weighted by atomic mass is 9.95. The van der Waals surface area contributed by atoms with E-state index in [2.05, 4.69) is 20.7 Å². The number of thiophene rings is 2. The number of rotatable bonds is 6. The molecule has 0 aliphatic heterocycles. The van der Waals surface area contributed by atoms with Gasteiger partial charge >= 0.3 is 0 Å². The molecule has 0 saturated heterocycles. The molecule has 3 aromatic rings. The fraction of sp³-hybridized carbons (Fsp3) is 0.125. The van der Waals surface area contributed by atoms with Gasteiger partial charge in [-0.3, -0.25) is 0 Å². The standard InChI is InChI=1S/C16H14BrNO3S3/c17-13-4-1-2-5-14(13)24(20,21)18-11-16(19,12-7-9-22-10-12)15-6-3-8-23-15/h1-10,18-19H,11H2/t16-/m0/s1. The minimum atomic E-state index is -3.76. The van der Waals surface area contributed by atoms with Gasteiger partial charge in [0.2, 0.25) is 10.0 Å². The SMILES string of the molecule is O=S(=O)(NC[C@](O)(c1ccsc1)c1cccs1)c1ccccc1Br. The number of benzene rings is 1. The first-order valence-corrected chi connectivity index (χ1v) is 11.1. The van der Waals surface area contributed by atoms with Gasteiger partial charge in [-0.2, -0.15) is 11.3 Å². The Morgan fingerprint density at radius 1 is 1.12 bits per heavy atom. The normalized spacial score (nSPS) is 14.4. The number of halogens is 1. The molecule has 2 aromatic heterocycles. The molecule has 0 aliphatic rings. The molecule has 1 atom stereocenters. The molecule has 0 fully saturated rings. The number of hydrogen-bond acceptors (Lipinski definition) is 5. The largest absolute Gasteiger partial charge is 0.378 e. The molecular formula is C16H14BrNO3S3. The van der Waals surface area contributed by atoms with Gasteiger partial charge in [-0.05, 0) is 56.3 Å². The van der Waals surface area contributed by atoms with E-state index in [4.69, 9.17) is 0 Å². The molecular weight excluding hydrogens is 430 g/mol. The first-order chi connectivity index (χ1) is 11.4. The molecule has 2 heterocycles. The Labute approximate surface area is 157 Å². The lowest BCUT2D eigenvalue weighted by Crippen LogP contribution is -2.41. The van der Waals surface area contributed by atoms with Crippen LogP contribution in [0.3, 0.4) is 0 Å². The summed E-state index contributed by atoms with van der Waals surface area (Å²) in [6.07, 6.45) is 0. The van der Waals surface area contributed by atoms with Crippen LogP contribution >= 0.6 is 38.6 Å². The van der Waals surface area contributed by atoms with Crippen LogP contribution in [0.2, 0.25) is 0 Å². The summed E-state index contributed by atoms with van der Waals surface area (Å²) in [5.74, 6) is 0. The van der Waals surface area contributed by atoms with Gasteiger partial charge in [-0.25, -0.2) is 13.1 Å². The first-order valence-electron chi connectivity index (χ1n) is 6.97. The lowest BCUT2D eigenvalue weighted by Gasteiger charge is -2.27. The predicted octanol–water partition coefficient (Wildman–Crippen LogP) is 3.79. The average Bonchev–Trinajstić information content (AvgIpc) is 3.26. The molecule has 0 saturated carbocycles. The van der Waals surface area contributed by atoms with Gasteiger partial charge in [0.15, 0.2) is 0 Å². The second-order valence-corrected chi connectivity index (χ2v) is 9.42. The fourth-order valence-corrected chi connectivity index (χ4v) is 5.92. The minimum absolute atomic E-state index is 0.142. The van der Waals surface area contributed by atoms with Crippen LogP contribution in [-0.4, -0.2) is 20.1 Å². The van der Waals surface area contributed by atoms with Crippen LogP contribution in [0.15, 0.2) is 68.0 Å². The van der Waals surface area contributed by atoms with E-state index in [0.29, 0.717) is 14.9 Å². The van der Waals surface area contributed by atoms with Crippen LogP contribution in [0.1, 0.15) is 10.4 Å². The van der Waals surface area contributed by atoms with Crippen LogP contribution in [0.25, 0.3) is 0 Å². The van der Waals surface area contributed by atoms with E-state index < -0.39 is 15.6 Å². The highest BCUT2D eigenvalue weighted by molar-refractivity contribution is 9.10. The van der Waals surface area contributed by atoms with Gasteiger partial charge in [-0.1, -0.05) is 18.2 Å². The Hall–Kier alpha value is -1.03. The van der Waals surface area contributed by atoms with E-state index in [1.165, 1.54) is 28.7 Å². The second-order valence-electron chi connectivity index (χ2n) is 5.10. The molecule has 0 unspecified atom stereocenters. The highest BCUT2D eigenvalue weighted by Gasteiger charge is 2.35. The fourth-order valence-electron chi connectivity index (χ4n) is 2.29. The van der Waals surface area contributed by atoms with Crippen LogP contribution in [0, 0.1) is 0 Å². The van der Waals surface area contributed by atoms with Crippen molar-refractivity contribution in [3.63, 3.8) is 0 Å². The summed E-state index contributed by atoms with van der Waals surface area (Å²) in [7, 11) is -3.76. The Bertz CT molecular complexity index is 872. The molecule has 0 amide bonds. The van der Waals surface area contributed by atoms with E-state index in [9.17, 15) is 13.5 Å². The van der Waals surface area contributed by atoms with Crippen molar-refractivity contribution in [1.82, 2.24) is 4.72 Å².